The maximum Gasteiger partial charge on any atom is 0.308 e. The smallest absolute Gasteiger partial charge is 0.308 e. The van der Waals surface area contributed by atoms with Crippen molar-refractivity contribution in [3.63, 3.8) is 0 Å². The molecular formula is C25H18Cl2N2O5. The van der Waals surface area contributed by atoms with Crippen LogP contribution in [0.3, 0.4) is 0 Å². The highest BCUT2D eigenvalue weighted by Crippen LogP contribution is 2.29. The molecule has 3 aromatic rings. The first-order chi connectivity index (χ1) is 16.2. The van der Waals surface area contributed by atoms with Gasteiger partial charge in [-0.2, -0.15) is 0 Å². The summed E-state index contributed by atoms with van der Waals surface area (Å²) in [5.74, 6) is -1.83. The lowest BCUT2D eigenvalue weighted by molar-refractivity contribution is -0.131. The normalized spacial score (nSPS) is 13.4. The summed E-state index contributed by atoms with van der Waals surface area (Å²) in [6.07, 6.45) is 0.0306. The molecule has 3 amide bonds. The number of esters is 1. The van der Waals surface area contributed by atoms with Crippen LogP contribution in [0.15, 0.2) is 66.7 Å². The molecule has 1 atom stereocenters. The maximum atomic E-state index is 13.4. The number of hydrogen-bond acceptors (Lipinski definition) is 5. The van der Waals surface area contributed by atoms with Crippen LogP contribution in [0.1, 0.15) is 33.2 Å². The van der Waals surface area contributed by atoms with Gasteiger partial charge in [-0.15, -0.1) is 0 Å². The number of fused-ring (bicyclic) bond motifs is 1. The van der Waals surface area contributed by atoms with Crippen molar-refractivity contribution in [2.75, 3.05) is 5.32 Å². The minimum absolute atomic E-state index is 0.0306. The number of anilines is 1. The summed E-state index contributed by atoms with van der Waals surface area (Å²) < 4.78 is 5.04. The van der Waals surface area contributed by atoms with Crippen LogP contribution in [-0.4, -0.2) is 34.6 Å². The number of benzene rings is 3. The first-order valence-electron chi connectivity index (χ1n) is 10.2. The van der Waals surface area contributed by atoms with Crippen molar-refractivity contribution in [2.45, 2.75) is 19.4 Å². The molecule has 1 heterocycles. The van der Waals surface area contributed by atoms with E-state index in [1.54, 1.807) is 54.6 Å². The molecule has 172 valence electrons. The molecule has 0 radical (unpaired) electrons. The van der Waals surface area contributed by atoms with Crippen molar-refractivity contribution in [2.24, 2.45) is 0 Å². The van der Waals surface area contributed by atoms with E-state index in [0.717, 1.165) is 4.90 Å². The van der Waals surface area contributed by atoms with Crippen molar-refractivity contribution < 1.29 is 23.9 Å². The molecule has 7 nitrogen and oxygen atoms in total. The van der Waals surface area contributed by atoms with Gasteiger partial charge in [0.15, 0.2) is 0 Å². The molecule has 3 aromatic carbocycles. The van der Waals surface area contributed by atoms with Gasteiger partial charge in [0.25, 0.3) is 11.8 Å². The number of ether oxygens (including phenoxy) is 1. The average Bonchev–Trinajstić information content (AvgIpc) is 3.05. The highest BCUT2D eigenvalue weighted by atomic mass is 35.5. The number of hydrogen-bond donors (Lipinski definition) is 1. The van der Waals surface area contributed by atoms with Crippen LogP contribution in [0.4, 0.5) is 5.69 Å². The number of nitrogens with zero attached hydrogens (tertiary/aromatic N) is 1. The van der Waals surface area contributed by atoms with Gasteiger partial charge in [-0.1, -0.05) is 47.5 Å². The second-order valence-corrected chi connectivity index (χ2v) is 8.44. The van der Waals surface area contributed by atoms with Gasteiger partial charge in [0, 0.05) is 18.4 Å². The predicted octanol–water partition coefficient (Wildman–Crippen LogP) is 4.76. The Morgan fingerprint density at radius 2 is 1.56 bits per heavy atom. The Kier molecular flexibility index (Phi) is 6.68. The van der Waals surface area contributed by atoms with E-state index in [2.05, 4.69) is 5.32 Å². The van der Waals surface area contributed by atoms with Crippen LogP contribution < -0.4 is 10.1 Å². The van der Waals surface area contributed by atoms with Gasteiger partial charge in [-0.05, 0) is 48.0 Å². The predicted molar refractivity (Wildman–Crippen MR) is 127 cm³/mol. The molecule has 0 bridgehead atoms. The molecule has 0 aliphatic carbocycles. The zero-order valence-corrected chi connectivity index (χ0v) is 19.4. The van der Waals surface area contributed by atoms with Gasteiger partial charge >= 0.3 is 5.97 Å². The molecule has 0 saturated heterocycles. The van der Waals surface area contributed by atoms with Gasteiger partial charge in [0.05, 0.1) is 21.8 Å². The van der Waals surface area contributed by atoms with Gasteiger partial charge in [-0.3, -0.25) is 24.1 Å². The molecule has 0 spiro atoms. The highest BCUT2D eigenvalue weighted by molar-refractivity contribution is 6.36. The topological polar surface area (TPSA) is 92.8 Å². The van der Waals surface area contributed by atoms with E-state index < -0.39 is 29.7 Å². The van der Waals surface area contributed by atoms with Crippen molar-refractivity contribution in [3.8, 4) is 5.75 Å². The Balaban J connectivity index is 1.66. The Labute approximate surface area is 205 Å². The minimum Gasteiger partial charge on any atom is -0.427 e. The minimum atomic E-state index is -1.17. The van der Waals surface area contributed by atoms with E-state index in [1.807, 2.05) is 0 Å². The Hall–Kier alpha value is -3.68. The van der Waals surface area contributed by atoms with Crippen LogP contribution in [-0.2, 0) is 16.0 Å². The number of carbonyl (C=O) groups excluding carboxylic acids is 4. The third-order valence-electron chi connectivity index (χ3n) is 5.24. The van der Waals surface area contributed by atoms with Gasteiger partial charge in [-0.25, -0.2) is 0 Å². The van der Waals surface area contributed by atoms with E-state index in [0.29, 0.717) is 22.0 Å². The lowest BCUT2D eigenvalue weighted by atomic mass is 10.0. The van der Waals surface area contributed by atoms with Gasteiger partial charge in [0.1, 0.15) is 11.8 Å². The molecule has 0 aromatic heterocycles. The van der Waals surface area contributed by atoms with Crippen molar-refractivity contribution >= 4 is 52.6 Å². The van der Waals surface area contributed by atoms with Gasteiger partial charge < -0.3 is 10.1 Å². The first kappa shape index (κ1) is 23.5. The summed E-state index contributed by atoms with van der Waals surface area (Å²) >= 11 is 12.1. The van der Waals surface area contributed by atoms with Crippen LogP contribution in [0.25, 0.3) is 0 Å². The number of halogens is 2. The molecular weight excluding hydrogens is 479 g/mol. The molecule has 9 heteroatoms. The second kappa shape index (κ2) is 9.67. The van der Waals surface area contributed by atoms with Crippen molar-refractivity contribution in [3.05, 3.63) is 93.5 Å². The Morgan fingerprint density at radius 1 is 0.941 bits per heavy atom. The zero-order chi connectivity index (χ0) is 24.4. The number of imide groups is 1. The quantitative estimate of drug-likeness (QED) is 0.301. The van der Waals surface area contributed by atoms with Crippen LogP contribution in [0, 0.1) is 0 Å². The largest absolute Gasteiger partial charge is 0.427 e. The van der Waals surface area contributed by atoms with Crippen LogP contribution >= 0.6 is 23.2 Å². The number of rotatable bonds is 6. The summed E-state index contributed by atoms with van der Waals surface area (Å²) in [4.78, 5) is 51.7. The maximum absolute atomic E-state index is 13.4. The van der Waals surface area contributed by atoms with E-state index in [1.165, 1.54) is 19.1 Å². The fraction of sp³-hybridized carbons (Fsp3) is 0.120. The van der Waals surface area contributed by atoms with Crippen LogP contribution in [0.2, 0.25) is 10.0 Å². The van der Waals surface area contributed by atoms with Crippen molar-refractivity contribution in [1.82, 2.24) is 4.90 Å². The van der Waals surface area contributed by atoms with Crippen LogP contribution in [0.5, 0.6) is 5.75 Å². The molecule has 1 N–H and O–H groups in total. The summed E-state index contributed by atoms with van der Waals surface area (Å²) in [6.45, 7) is 1.29. The van der Waals surface area contributed by atoms with Crippen molar-refractivity contribution in [1.29, 1.82) is 0 Å². The molecule has 1 aliphatic rings. The van der Waals surface area contributed by atoms with E-state index in [-0.39, 0.29) is 22.6 Å². The van der Waals surface area contributed by atoms with E-state index in [9.17, 15) is 19.2 Å². The molecule has 1 aliphatic heterocycles. The standard InChI is InChI=1S/C25H18Cl2N2O5/c1-14(30)34-17-9-6-15(7-10-17)12-22(23(31)28-21-11-8-16(26)13-20(21)27)29-24(32)18-4-2-3-5-19(18)25(29)33/h2-11,13,22H,12H2,1H3,(H,28,31)/t22-/m0/s1. The number of nitrogens with one attached hydrogen (secondary N) is 1. The number of amides is 3. The highest BCUT2D eigenvalue weighted by Gasteiger charge is 2.42. The molecule has 34 heavy (non-hydrogen) atoms. The second-order valence-electron chi connectivity index (χ2n) is 7.60. The van der Waals surface area contributed by atoms with E-state index >= 15 is 0 Å². The lowest BCUT2D eigenvalue weighted by Gasteiger charge is -2.26. The summed E-state index contributed by atoms with van der Waals surface area (Å²) in [5, 5.41) is 3.31. The molecule has 0 unspecified atom stereocenters. The Morgan fingerprint density at radius 3 is 2.12 bits per heavy atom. The molecule has 4 rings (SSSR count). The fourth-order valence-corrected chi connectivity index (χ4v) is 4.14. The SMILES string of the molecule is CC(=O)Oc1ccc(C[C@@H](C(=O)Nc2ccc(Cl)cc2Cl)N2C(=O)c3ccccc3C2=O)cc1. The fourth-order valence-electron chi connectivity index (χ4n) is 3.68. The monoisotopic (exact) mass is 496 g/mol. The third kappa shape index (κ3) is 4.81. The third-order valence-corrected chi connectivity index (χ3v) is 5.79. The average molecular weight is 497 g/mol. The Bertz CT molecular complexity index is 1270. The molecule has 0 fully saturated rings. The zero-order valence-electron chi connectivity index (χ0n) is 17.9. The summed E-state index contributed by atoms with van der Waals surface area (Å²) in [7, 11) is 0. The van der Waals surface area contributed by atoms with E-state index in [4.69, 9.17) is 27.9 Å². The summed E-state index contributed by atoms with van der Waals surface area (Å²) in [6, 6.07) is 16.3. The summed E-state index contributed by atoms with van der Waals surface area (Å²) in [5.41, 5.74) is 1.41. The number of carbonyl (C=O) groups is 4. The van der Waals surface area contributed by atoms with Gasteiger partial charge in [0.2, 0.25) is 5.91 Å². The lowest BCUT2D eigenvalue weighted by Crippen LogP contribution is -2.48. The first-order valence-corrected chi connectivity index (χ1v) is 11.0. The molecule has 0 saturated carbocycles.